The van der Waals surface area contributed by atoms with Crippen LogP contribution in [0.5, 0.6) is 0 Å². The maximum Gasteiger partial charge on any atom is 0.266 e. The van der Waals surface area contributed by atoms with E-state index >= 15 is 0 Å². The number of likely N-dealkylation sites (tertiary alicyclic amines) is 1. The second-order valence-electron chi connectivity index (χ2n) is 8.46. The summed E-state index contributed by atoms with van der Waals surface area (Å²) in [6, 6.07) is 5.38. The van der Waals surface area contributed by atoms with Crippen molar-refractivity contribution >= 4 is 22.8 Å². The van der Waals surface area contributed by atoms with Gasteiger partial charge >= 0.3 is 0 Å². The van der Waals surface area contributed by atoms with Crippen LogP contribution < -0.4 is 5.32 Å². The molecule has 33 heavy (non-hydrogen) atoms. The number of piperidine rings is 1. The smallest absolute Gasteiger partial charge is 0.266 e. The summed E-state index contributed by atoms with van der Waals surface area (Å²) in [5, 5.41) is 3.86. The van der Waals surface area contributed by atoms with Gasteiger partial charge in [-0.05, 0) is 44.2 Å². The fraction of sp³-hybridized carbons (Fsp3) is 0.417. The zero-order valence-electron chi connectivity index (χ0n) is 18.8. The van der Waals surface area contributed by atoms with E-state index in [0.717, 1.165) is 24.5 Å². The van der Waals surface area contributed by atoms with Gasteiger partial charge < -0.3 is 10.2 Å². The first-order chi connectivity index (χ1) is 15.7. The zero-order valence-corrected chi connectivity index (χ0v) is 18.8. The van der Waals surface area contributed by atoms with Crippen LogP contribution in [0.1, 0.15) is 67.6 Å². The minimum absolute atomic E-state index is 0.0811. The third-order valence-electron chi connectivity index (χ3n) is 6.21. The lowest BCUT2D eigenvalue weighted by atomic mass is 9.90. The Hall–Kier alpha value is -3.23. The average molecular weight is 458 g/mol. The van der Waals surface area contributed by atoms with Crippen molar-refractivity contribution in [3.05, 3.63) is 58.8 Å². The lowest BCUT2D eigenvalue weighted by molar-refractivity contribution is -0.129. The van der Waals surface area contributed by atoms with Gasteiger partial charge in [0.05, 0.1) is 17.0 Å². The van der Waals surface area contributed by atoms with Crippen LogP contribution in [-0.2, 0) is 4.79 Å². The number of anilines is 1. The van der Waals surface area contributed by atoms with Gasteiger partial charge in [-0.2, -0.15) is 0 Å². The van der Waals surface area contributed by atoms with Gasteiger partial charge in [0.25, 0.3) is 6.43 Å². The highest BCUT2D eigenvalue weighted by Crippen LogP contribution is 2.33. The van der Waals surface area contributed by atoms with E-state index in [-0.39, 0.29) is 17.4 Å². The lowest BCUT2D eigenvalue weighted by Gasteiger charge is -2.31. The maximum atomic E-state index is 14.7. The number of hydrogen-bond acceptors (Lipinski definition) is 5. The Labute approximate surface area is 190 Å². The molecule has 0 spiro atoms. The van der Waals surface area contributed by atoms with Gasteiger partial charge in [0, 0.05) is 31.8 Å². The molecule has 1 fully saturated rings. The molecule has 174 valence electrons. The van der Waals surface area contributed by atoms with Crippen LogP contribution in [0.2, 0.25) is 0 Å². The number of pyridine rings is 1. The Balaban J connectivity index is 1.64. The number of carbonyl (C=O) groups is 1. The van der Waals surface area contributed by atoms with E-state index < -0.39 is 23.8 Å². The quantitative estimate of drug-likeness (QED) is 0.562. The van der Waals surface area contributed by atoms with Gasteiger partial charge in [0.2, 0.25) is 5.91 Å². The Kier molecular flexibility index (Phi) is 6.49. The minimum Gasteiger partial charge on any atom is -0.363 e. The van der Waals surface area contributed by atoms with Crippen molar-refractivity contribution in [1.82, 2.24) is 19.9 Å². The number of rotatable bonds is 5. The van der Waals surface area contributed by atoms with Crippen molar-refractivity contribution in [2.45, 2.75) is 52.0 Å². The van der Waals surface area contributed by atoms with Gasteiger partial charge in [-0.3, -0.25) is 4.79 Å². The molecular weight excluding hydrogens is 431 g/mol. The first kappa shape index (κ1) is 22.9. The standard InChI is InChI=1S/C24H26F3N5O/c1-13(18-5-4-6-19(21(18)25)22(26)27)29-24-20-11-17(12-28-23(20)30-14(2)31-24)16-7-9-32(10-8-16)15(3)33/h4-6,11-13,16,22H,7-10H2,1-3H3,(H,28,29,30,31)/t13-/m1/s1. The van der Waals surface area contributed by atoms with Gasteiger partial charge in [-0.1, -0.05) is 18.2 Å². The molecule has 0 aliphatic carbocycles. The van der Waals surface area contributed by atoms with E-state index in [4.69, 9.17) is 0 Å². The fourth-order valence-electron chi connectivity index (χ4n) is 4.35. The van der Waals surface area contributed by atoms with Crippen LogP contribution in [0, 0.1) is 12.7 Å². The molecule has 1 amide bonds. The topological polar surface area (TPSA) is 71.0 Å². The Morgan fingerprint density at radius 2 is 1.88 bits per heavy atom. The number of nitrogens with zero attached hydrogens (tertiary/aromatic N) is 4. The van der Waals surface area contributed by atoms with Gasteiger partial charge in [-0.25, -0.2) is 28.1 Å². The first-order valence-electron chi connectivity index (χ1n) is 11.0. The first-order valence-corrected chi connectivity index (χ1v) is 11.0. The van der Waals surface area contributed by atoms with Gasteiger partial charge in [0.1, 0.15) is 17.5 Å². The highest BCUT2D eigenvalue weighted by molar-refractivity contribution is 5.87. The van der Waals surface area contributed by atoms with Crippen molar-refractivity contribution in [3.8, 4) is 0 Å². The highest BCUT2D eigenvalue weighted by atomic mass is 19.3. The summed E-state index contributed by atoms with van der Waals surface area (Å²) in [6.07, 6.45) is 0.594. The number of halogens is 3. The minimum atomic E-state index is -2.89. The summed E-state index contributed by atoms with van der Waals surface area (Å²) in [6.45, 7) is 6.41. The largest absolute Gasteiger partial charge is 0.363 e. The summed E-state index contributed by atoms with van der Waals surface area (Å²) in [4.78, 5) is 26.9. The van der Waals surface area contributed by atoms with Crippen molar-refractivity contribution in [1.29, 1.82) is 0 Å². The predicted octanol–water partition coefficient (Wildman–Crippen LogP) is 5.31. The fourth-order valence-corrected chi connectivity index (χ4v) is 4.35. The van der Waals surface area contributed by atoms with E-state index in [1.165, 1.54) is 12.1 Å². The van der Waals surface area contributed by atoms with E-state index in [1.807, 2.05) is 17.2 Å². The lowest BCUT2D eigenvalue weighted by Crippen LogP contribution is -2.36. The molecule has 4 rings (SSSR count). The second-order valence-corrected chi connectivity index (χ2v) is 8.46. The Bertz CT molecular complexity index is 1180. The molecule has 1 atom stereocenters. The zero-order chi connectivity index (χ0) is 23.7. The molecule has 0 bridgehead atoms. The summed E-state index contributed by atoms with van der Waals surface area (Å²) in [7, 11) is 0. The predicted molar refractivity (Wildman–Crippen MR) is 120 cm³/mol. The molecule has 0 radical (unpaired) electrons. The van der Waals surface area contributed by atoms with E-state index in [9.17, 15) is 18.0 Å². The number of aromatic nitrogens is 3. The van der Waals surface area contributed by atoms with E-state index in [0.29, 0.717) is 35.8 Å². The monoisotopic (exact) mass is 457 g/mol. The molecule has 3 aromatic rings. The molecule has 6 nitrogen and oxygen atoms in total. The molecular formula is C24H26F3N5O. The second kappa shape index (κ2) is 9.33. The van der Waals surface area contributed by atoms with Gasteiger partial charge in [-0.15, -0.1) is 0 Å². The summed E-state index contributed by atoms with van der Waals surface area (Å²) in [5.41, 5.74) is 1.05. The molecule has 9 heteroatoms. The van der Waals surface area contributed by atoms with Crippen molar-refractivity contribution in [2.75, 3.05) is 18.4 Å². The molecule has 1 aromatic carbocycles. The van der Waals surface area contributed by atoms with E-state index in [1.54, 1.807) is 20.8 Å². The van der Waals surface area contributed by atoms with E-state index in [2.05, 4.69) is 20.3 Å². The number of fused-ring (bicyclic) bond motifs is 1. The number of alkyl halides is 2. The number of benzene rings is 1. The van der Waals surface area contributed by atoms with Crippen LogP contribution in [0.4, 0.5) is 19.0 Å². The Morgan fingerprint density at radius 3 is 2.55 bits per heavy atom. The van der Waals surface area contributed by atoms with Crippen molar-refractivity contribution in [2.24, 2.45) is 0 Å². The van der Waals surface area contributed by atoms with Gasteiger partial charge in [0.15, 0.2) is 5.65 Å². The average Bonchev–Trinajstić information content (AvgIpc) is 2.78. The maximum absolute atomic E-state index is 14.7. The molecule has 1 N–H and O–H groups in total. The molecule has 1 saturated heterocycles. The molecule has 2 aromatic heterocycles. The third-order valence-corrected chi connectivity index (χ3v) is 6.21. The number of nitrogens with one attached hydrogen (secondary N) is 1. The highest BCUT2D eigenvalue weighted by Gasteiger charge is 2.24. The van der Waals surface area contributed by atoms with Crippen LogP contribution in [-0.4, -0.2) is 38.8 Å². The number of carbonyl (C=O) groups excluding carboxylic acids is 1. The van der Waals surface area contributed by atoms with Crippen LogP contribution in [0.15, 0.2) is 30.5 Å². The number of aryl methyl sites for hydroxylation is 1. The van der Waals surface area contributed by atoms with Crippen LogP contribution >= 0.6 is 0 Å². The van der Waals surface area contributed by atoms with Crippen LogP contribution in [0.3, 0.4) is 0 Å². The third kappa shape index (κ3) is 4.77. The molecule has 0 saturated carbocycles. The number of amides is 1. The summed E-state index contributed by atoms with van der Waals surface area (Å²) in [5.74, 6) is 0.386. The number of hydrogen-bond donors (Lipinski definition) is 1. The molecule has 3 heterocycles. The summed E-state index contributed by atoms with van der Waals surface area (Å²) < 4.78 is 40.9. The van der Waals surface area contributed by atoms with Crippen molar-refractivity contribution < 1.29 is 18.0 Å². The van der Waals surface area contributed by atoms with Crippen molar-refractivity contribution in [3.63, 3.8) is 0 Å². The SMILES string of the molecule is CC(=O)N1CCC(c2cnc3nc(C)nc(N[C@H](C)c4cccc(C(F)F)c4F)c3c2)CC1. The molecule has 1 aliphatic heterocycles. The Morgan fingerprint density at radius 1 is 1.18 bits per heavy atom. The van der Waals surface area contributed by atoms with Crippen LogP contribution in [0.25, 0.3) is 11.0 Å². The molecule has 0 unspecified atom stereocenters. The normalized spacial score (nSPS) is 15.8. The summed E-state index contributed by atoms with van der Waals surface area (Å²) >= 11 is 0. The molecule has 1 aliphatic rings.